The number of aromatic nitrogens is 1. The van der Waals surface area contributed by atoms with Gasteiger partial charge in [0.2, 0.25) is 10.0 Å². The van der Waals surface area contributed by atoms with Crippen LogP contribution in [0.2, 0.25) is 0 Å². The molecule has 7 nitrogen and oxygen atoms in total. The Balaban J connectivity index is 2.23. The van der Waals surface area contributed by atoms with Crippen molar-refractivity contribution in [1.82, 2.24) is 4.57 Å². The molecule has 0 bridgehead atoms. The lowest BCUT2D eigenvalue weighted by Gasteiger charge is -2.15. The number of carbonyl (C=O) groups excluding carboxylic acids is 1. The fraction of sp³-hybridized carbons (Fsp3) is 0.294. The fourth-order valence-corrected chi connectivity index (χ4v) is 3.83. The molecule has 0 radical (unpaired) electrons. The van der Waals surface area contributed by atoms with E-state index in [1.165, 1.54) is 25.3 Å². The summed E-state index contributed by atoms with van der Waals surface area (Å²) in [6.45, 7) is 3.38. The van der Waals surface area contributed by atoms with Crippen LogP contribution in [0.4, 0.5) is 5.69 Å². The highest BCUT2D eigenvalue weighted by Gasteiger charge is 2.20. The maximum Gasteiger partial charge on any atom is 0.328 e. The number of esters is 1. The monoisotopic (exact) mass is 490 g/mol. The van der Waals surface area contributed by atoms with Gasteiger partial charge in [-0.3, -0.25) is 14.1 Å². The van der Waals surface area contributed by atoms with Crippen molar-refractivity contribution in [3.8, 4) is 0 Å². The molecular weight excluding hydrogens is 471 g/mol. The van der Waals surface area contributed by atoms with Gasteiger partial charge in [-0.25, -0.2) is 13.2 Å². The Labute approximate surface area is 165 Å². The zero-order chi connectivity index (χ0) is 19.3. The number of ether oxygens (including phenoxy) is 1. The number of sulfonamides is 1. The van der Waals surface area contributed by atoms with E-state index in [1.807, 2.05) is 12.1 Å². The molecule has 0 amide bonds. The Bertz CT molecular complexity index is 938. The van der Waals surface area contributed by atoms with E-state index in [0.717, 1.165) is 8.14 Å². The summed E-state index contributed by atoms with van der Waals surface area (Å²) < 4.78 is 34.1. The van der Waals surface area contributed by atoms with Gasteiger partial charge in [-0.15, -0.1) is 0 Å². The third-order valence-electron chi connectivity index (χ3n) is 3.55. The Morgan fingerprint density at radius 2 is 1.92 bits per heavy atom. The van der Waals surface area contributed by atoms with Crippen LogP contribution in [0, 0.1) is 3.57 Å². The van der Waals surface area contributed by atoms with Crippen molar-refractivity contribution in [3.63, 3.8) is 0 Å². The van der Waals surface area contributed by atoms with Crippen molar-refractivity contribution in [1.29, 1.82) is 0 Å². The van der Waals surface area contributed by atoms with Gasteiger partial charge in [0, 0.05) is 9.77 Å². The minimum absolute atomic E-state index is 0.117. The second-order valence-corrected chi connectivity index (χ2v) is 8.52. The average Bonchev–Trinajstić information content (AvgIpc) is 2.58. The Hall–Kier alpha value is -1.88. The first-order chi connectivity index (χ1) is 12.2. The number of nitrogens with zero attached hydrogens (tertiary/aromatic N) is 1. The van der Waals surface area contributed by atoms with Crippen molar-refractivity contribution in [3.05, 3.63) is 62.1 Å². The molecule has 0 aliphatic heterocycles. The van der Waals surface area contributed by atoms with Gasteiger partial charge in [-0.05, 0) is 66.3 Å². The van der Waals surface area contributed by atoms with E-state index in [4.69, 9.17) is 4.74 Å². The van der Waals surface area contributed by atoms with Gasteiger partial charge in [0.15, 0.2) is 0 Å². The van der Waals surface area contributed by atoms with E-state index in [1.54, 1.807) is 19.1 Å². The van der Waals surface area contributed by atoms with Gasteiger partial charge in [-0.1, -0.05) is 12.1 Å². The molecule has 1 atom stereocenters. The predicted molar refractivity (Wildman–Crippen MR) is 107 cm³/mol. The van der Waals surface area contributed by atoms with Gasteiger partial charge in [0.25, 0.3) is 5.56 Å². The van der Waals surface area contributed by atoms with Gasteiger partial charge in [-0.2, -0.15) is 0 Å². The topological polar surface area (TPSA) is 94.5 Å². The molecule has 1 N–H and O–H groups in total. The summed E-state index contributed by atoms with van der Waals surface area (Å²) in [4.78, 5) is 24.4. The van der Waals surface area contributed by atoms with E-state index in [2.05, 4.69) is 27.3 Å². The largest absolute Gasteiger partial charge is 0.464 e. The summed E-state index contributed by atoms with van der Waals surface area (Å²) in [5.41, 5.74) is -0.123. The van der Waals surface area contributed by atoms with Crippen LogP contribution < -0.4 is 10.3 Å². The number of hydrogen-bond acceptors (Lipinski definition) is 5. The van der Waals surface area contributed by atoms with Crippen LogP contribution in [0.5, 0.6) is 0 Å². The van der Waals surface area contributed by atoms with E-state index in [0.29, 0.717) is 5.56 Å². The maximum atomic E-state index is 12.5. The lowest BCUT2D eigenvalue weighted by Crippen LogP contribution is -2.31. The van der Waals surface area contributed by atoms with E-state index in [9.17, 15) is 18.0 Å². The van der Waals surface area contributed by atoms with Gasteiger partial charge in [0.05, 0.1) is 12.4 Å². The summed E-state index contributed by atoms with van der Waals surface area (Å²) in [7, 11) is -3.78. The van der Waals surface area contributed by atoms with E-state index >= 15 is 0 Å². The van der Waals surface area contributed by atoms with Gasteiger partial charge in [0.1, 0.15) is 11.7 Å². The molecular formula is C17H19IN2O5S. The SMILES string of the molecule is CCOC(=O)[C@H](C)n1cccc(NS(=O)(=O)Cc2ccc(I)cc2)c1=O. The standard InChI is InChI=1S/C17H19IN2O5S/c1-3-25-17(22)12(2)20-10-4-5-15(16(20)21)19-26(23,24)11-13-6-8-14(18)9-7-13/h4-10,12,19H,3,11H2,1-2H3/t12-/m0/s1. The first kappa shape index (κ1) is 20.4. The van der Waals surface area contributed by atoms with Crippen LogP contribution in [0.15, 0.2) is 47.4 Å². The highest BCUT2D eigenvalue weighted by Crippen LogP contribution is 2.13. The van der Waals surface area contributed by atoms with Crippen LogP contribution in [0.25, 0.3) is 0 Å². The normalized spacial score (nSPS) is 12.4. The highest BCUT2D eigenvalue weighted by atomic mass is 127. The van der Waals surface area contributed by atoms with Crippen molar-refractivity contribution >= 4 is 44.3 Å². The second-order valence-electron chi connectivity index (χ2n) is 5.55. The lowest BCUT2D eigenvalue weighted by molar-refractivity contribution is -0.146. The van der Waals surface area contributed by atoms with Gasteiger partial charge < -0.3 is 4.74 Å². The predicted octanol–water partition coefficient (Wildman–Crippen LogP) is 2.52. The number of nitrogens with one attached hydrogen (secondary N) is 1. The summed E-state index contributed by atoms with van der Waals surface area (Å²) in [6, 6.07) is 9.05. The van der Waals surface area contributed by atoms with Crippen LogP contribution >= 0.6 is 22.6 Å². The van der Waals surface area contributed by atoms with Crippen LogP contribution in [0.3, 0.4) is 0 Å². The molecule has 2 aromatic rings. The van der Waals surface area contributed by atoms with Crippen molar-refractivity contribution in [2.75, 3.05) is 11.3 Å². The number of carbonyl (C=O) groups is 1. The third-order valence-corrected chi connectivity index (χ3v) is 5.52. The minimum atomic E-state index is -3.78. The number of pyridine rings is 1. The van der Waals surface area contributed by atoms with Crippen molar-refractivity contribution in [2.45, 2.75) is 25.6 Å². The molecule has 0 unspecified atom stereocenters. The molecule has 0 saturated heterocycles. The Morgan fingerprint density at radius 1 is 1.27 bits per heavy atom. The zero-order valence-corrected chi connectivity index (χ0v) is 17.3. The van der Waals surface area contributed by atoms with Crippen LogP contribution in [0.1, 0.15) is 25.5 Å². The number of anilines is 1. The average molecular weight is 490 g/mol. The smallest absolute Gasteiger partial charge is 0.328 e. The summed E-state index contributed by atoms with van der Waals surface area (Å²) in [6.07, 6.45) is 1.42. The van der Waals surface area contributed by atoms with Crippen LogP contribution in [-0.4, -0.2) is 25.6 Å². The first-order valence-electron chi connectivity index (χ1n) is 7.86. The van der Waals surface area contributed by atoms with Crippen molar-refractivity contribution < 1.29 is 17.9 Å². The third kappa shape index (κ3) is 5.31. The quantitative estimate of drug-likeness (QED) is 0.476. The molecule has 1 aromatic carbocycles. The van der Waals surface area contributed by atoms with E-state index < -0.39 is 27.6 Å². The first-order valence-corrected chi connectivity index (χ1v) is 10.6. The molecule has 0 spiro atoms. The molecule has 1 aromatic heterocycles. The van der Waals surface area contributed by atoms with Gasteiger partial charge >= 0.3 is 5.97 Å². The Morgan fingerprint density at radius 3 is 2.54 bits per heavy atom. The summed E-state index contributed by atoms with van der Waals surface area (Å²) in [5, 5.41) is 0. The number of rotatable bonds is 7. The number of hydrogen-bond donors (Lipinski definition) is 1. The highest BCUT2D eigenvalue weighted by molar-refractivity contribution is 14.1. The Kier molecular flexibility index (Phi) is 6.81. The molecule has 1 heterocycles. The molecule has 0 aliphatic rings. The molecule has 2 rings (SSSR count). The van der Waals surface area contributed by atoms with Crippen molar-refractivity contribution in [2.24, 2.45) is 0 Å². The zero-order valence-electron chi connectivity index (χ0n) is 14.3. The molecule has 26 heavy (non-hydrogen) atoms. The molecule has 0 aliphatic carbocycles. The second kappa shape index (κ2) is 8.67. The lowest BCUT2D eigenvalue weighted by atomic mass is 10.2. The fourth-order valence-electron chi connectivity index (χ4n) is 2.27. The molecule has 9 heteroatoms. The van der Waals surface area contributed by atoms with E-state index in [-0.39, 0.29) is 18.0 Å². The maximum absolute atomic E-state index is 12.5. The summed E-state index contributed by atoms with van der Waals surface area (Å²) >= 11 is 2.13. The molecule has 0 saturated carbocycles. The minimum Gasteiger partial charge on any atom is -0.464 e. The molecule has 0 fully saturated rings. The molecule has 140 valence electrons. The number of benzene rings is 1. The number of halogens is 1. The summed E-state index contributed by atoms with van der Waals surface area (Å²) in [5.74, 6) is -0.820. The van der Waals surface area contributed by atoms with Crippen LogP contribution in [-0.2, 0) is 25.3 Å².